The summed E-state index contributed by atoms with van der Waals surface area (Å²) in [5.74, 6) is 1.82. The number of benzene rings is 1. The molecule has 0 saturated carbocycles. The van der Waals surface area contributed by atoms with Crippen LogP contribution in [0.1, 0.15) is 11.7 Å². The molecule has 1 heterocycles. The van der Waals surface area contributed by atoms with Crippen LogP contribution in [0.15, 0.2) is 33.7 Å². The Morgan fingerprint density at radius 3 is 3.05 bits per heavy atom. The van der Waals surface area contributed by atoms with Crippen molar-refractivity contribution in [2.75, 3.05) is 13.7 Å². The summed E-state index contributed by atoms with van der Waals surface area (Å²) in [4.78, 5) is 5.39. The van der Waals surface area contributed by atoms with Crippen LogP contribution in [0.25, 0.3) is 0 Å². The van der Waals surface area contributed by atoms with Gasteiger partial charge in [0.2, 0.25) is 5.89 Å². The summed E-state index contributed by atoms with van der Waals surface area (Å²) in [7, 11) is 1.61. The van der Waals surface area contributed by atoms with E-state index in [0.717, 1.165) is 9.92 Å². The van der Waals surface area contributed by atoms with Gasteiger partial charge in [0, 0.05) is 23.6 Å². The molecule has 2 aromatic rings. The molecule has 0 spiro atoms. The van der Waals surface area contributed by atoms with Crippen molar-refractivity contribution >= 4 is 23.4 Å². The first-order chi connectivity index (χ1) is 9.71. The van der Waals surface area contributed by atoms with E-state index in [1.165, 1.54) is 0 Å². The maximum absolute atomic E-state index is 5.93. The van der Waals surface area contributed by atoms with Gasteiger partial charge in [0.1, 0.15) is 0 Å². The van der Waals surface area contributed by atoms with Crippen LogP contribution in [-0.4, -0.2) is 29.9 Å². The summed E-state index contributed by atoms with van der Waals surface area (Å²) in [6.07, 6.45) is 0.436. The van der Waals surface area contributed by atoms with Gasteiger partial charge in [0.15, 0.2) is 5.82 Å². The lowest BCUT2D eigenvalue weighted by Crippen LogP contribution is -2.24. The van der Waals surface area contributed by atoms with E-state index in [1.807, 2.05) is 24.3 Å². The summed E-state index contributed by atoms with van der Waals surface area (Å²) >= 11 is 7.54. The molecule has 0 aliphatic heterocycles. The second-order valence-corrected chi connectivity index (χ2v) is 5.63. The Kier molecular flexibility index (Phi) is 5.85. The number of ether oxygens (including phenoxy) is 1. The number of aromatic nitrogens is 2. The normalized spacial score (nSPS) is 12.6. The average molecular weight is 314 g/mol. The second kappa shape index (κ2) is 7.64. The van der Waals surface area contributed by atoms with Gasteiger partial charge in [-0.15, -0.1) is 11.8 Å². The molecule has 0 saturated heterocycles. The van der Waals surface area contributed by atoms with Crippen LogP contribution in [0.2, 0.25) is 5.02 Å². The minimum absolute atomic E-state index is 0.0936. The maximum Gasteiger partial charge on any atom is 0.229 e. The third-order valence-electron chi connectivity index (χ3n) is 2.67. The first-order valence-corrected chi connectivity index (χ1v) is 7.50. The van der Waals surface area contributed by atoms with E-state index < -0.39 is 0 Å². The SMILES string of the molecule is COC(CN)Cc1nc(CSc2cccc(Cl)c2)no1. The van der Waals surface area contributed by atoms with E-state index in [-0.39, 0.29) is 6.10 Å². The van der Waals surface area contributed by atoms with Gasteiger partial charge in [-0.1, -0.05) is 22.8 Å². The topological polar surface area (TPSA) is 74.2 Å². The molecule has 0 fully saturated rings. The van der Waals surface area contributed by atoms with Crippen LogP contribution in [0.4, 0.5) is 0 Å². The predicted octanol–water partition coefficient (Wildman–Crippen LogP) is 2.53. The molecule has 0 aliphatic rings. The fraction of sp³-hybridized carbons (Fsp3) is 0.385. The number of rotatable bonds is 7. The zero-order valence-corrected chi connectivity index (χ0v) is 12.7. The Hall–Kier alpha value is -1.08. The molecule has 7 heteroatoms. The maximum atomic E-state index is 5.93. The third kappa shape index (κ3) is 4.49. The molecular weight excluding hydrogens is 298 g/mol. The first-order valence-electron chi connectivity index (χ1n) is 6.14. The highest BCUT2D eigenvalue weighted by Gasteiger charge is 2.13. The number of thioether (sulfide) groups is 1. The van der Waals surface area contributed by atoms with Crippen molar-refractivity contribution in [3.05, 3.63) is 41.0 Å². The lowest BCUT2D eigenvalue weighted by atomic mass is 10.2. The number of hydrogen-bond acceptors (Lipinski definition) is 6. The average Bonchev–Trinajstić information content (AvgIpc) is 2.90. The molecule has 0 amide bonds. The summed E-state index contributed by atoms with van der Waals surface area (Å²) in [6.45, 7) is 0.422. The van der Waals surface area contributed by atoms with E-state index in [0.29, 0.717) is 30.4 Å². The predicted molar refractivity (Wildman–Crippen MR) is 78.9 cm³/mol. The number of hydrogen-bond donors (Lipinski definition) is 1. The number of halogens is 1. The largest absolute Gasteiger partial charge is 0.380 e. The van der Waals surface area contributed by atoms with Crippen molar-refractivity contribution in [3.63, 3.8) is 0 Å². The van der Waals surface area contributed by atoms with Crippen LogP contribution in [0, 0.1) is 0 Å². The Balaban J connectivity index is 1.89. The lowest BCUT2D eigenvalue weighted by molar-refractivity contribution is 0.102. The van der Waals surface area contributed by atoms with Crippen molar-refractivity contribution in [2.45, 2.75) is 23.2 Å². The van der Waals surface area contributed by atoms with Gasteiger partial charge in [0.05, 0.1) is 18.3 Å². The van der Waals surface area contributed by atoms with Gasteiger partial charge in [-0.05, 0) is 18.2 Å². The zero-order valence-electron chi connectivity index (χ0n) is 11.1. The fourth-order valence-corrected chi connectivity index (χ4v) is 2.65. The molecular formula is C13H16ClN3O2S. The molecule has 5 nitrogen and oxygen atoms in total. The van der Waals surface area contributed by atoms with E-state index in [2.05, 4.69) is 10.1 Å². The highest BCUT2D eigenvalue weighted by Crippen LogP contribution is 2.24. The smallest absolute Gasteiger partial charge is 0.229 e. The lowest BCUT2D eigenvalue weighted by Gasteiger charge is -2.08. The minimum Gasteiger partial charge on any atom is -0.380 e. The molecule has 1 atom stereocenters. The highest BCUT2D eigenvalue weighted by atomic mass is 35.5. The number of methoxy groups -OCH3 is 1. The highest BCUT2D eigenvalue weighted by molar-refractivity contribution is 7.98. The Labute approximate surface area is 126 Å². The van der Waals surface area contributed by atoms with E-state index >= 15 is 0 Å². The van der Waals surface area contributed by atoms with Crippen LogP contribution in [-0.2, 0) is 16.9 Å². The van der Waals surface area contributed by atoms with Crippen LogP contribution in [0.3, 0.4) is 0 Å². The molecule has 0 radical (unpaired) electrons. The van der Waals surface area contributed by atoms with Gasteiger partial charge in [-0.2, -0.15) is 4.98 Å². The van der Waals surface area contributed by atoms with Crippen molar-refractivity contribution in [1.82, 2.24) is 10.1 Å². The quantitative estimate of drug-likeness (QED) is 0.792. The van der Waals surface area contributed by atoms with Crippen molar-refractivity contribution in [3.8, 4) is 0 Å². The second-order valence-electron chi connectivity index (χ2n) is 4.15. The van der Waals surface area contributed by atoms with Gasteiger partial charge in [0.25, 0.3) is 0 Å². The van der Waals surface area contributed by atoms with Crippen LogP contribution in [0.5, 0.6) is 0 Å². The van der Waals surface area contributed by atoms with E-state index in [9.17, 15) is 0 Å². The Morgan fingerprint density at radius 2 is 2.35 bits per heavy atom. The van der Waals surface area contributed by atoms with E-state index in [1.54, 1.807) is 18.9 Å². The third-order valence-corrected chi connectivity index (χ3v) is 3.90. The molecule has 0 aliphatic carbocycles. The standard InChI is InChI=1S/C13H16ClN3O2S/c1-18-10(7-15)6-13-16-12(17-19-13)8-20-11-4-2-3-9(14)5-11/h2-5,10H,6-8,15H2,1H3. The summed E-state index contributed by atoms with van der Waals surface area (Å²) < 4.78 is 10.4. The Morgan fingerprint density at radius 1 is 1.50 bits per heavy atom. The van der Waals surface area contributed by atoms with Gasteiger partial charge < -0.3 is 15.0 Å². The van der Waals surface area contributed by atoms with E-state index in [4.69, 9.17) is 26.6 Å². The molecule has 108 valence electrons. The number of nitrogens with zero attached hydrogens (tertiary/aromatic N) is 2. The molecule has 2 N–H and O–H groups in total. The Bertz CT molecular complexity index is 546. The molecule has 0 bridgehead atoms. The van der Waals surface area contributed by atoms with Crippen LogP contribution >= 0.6 is 23.4 Å². The van der Waals surface area contributed by atoms with Gasteiger partial charge in [-0.25, -0.2) is 0 Å². The van der Waals surface area contributed by atoms with Crippen LogP contribution < -0.4 is 5.73 Å². The van der Waals surface area contributed by atoms with Crippen molar-refractivity contribution in [2.24, 2.45) is 5.73 Å². The summed E-state index contributed by atoms with van der Waals surface area (Å²) in [5.41, 5.74) is 5.56. The first kappa shape index (κ1) is 15.3. The zero-order chi connectivity index (χ0) is 14.4. The van der Waals surface area contributed by atoms with Gasteiger partial charge in [-0.3, -0.25) is 0 Å². The summed E-state index contributed by atoms with van der Waals surface area (Å²) in [6, 6.07) is 7.65. The molecule has 2 rings (SSSR count). The van der Waals surface area contributed by atoms with Gasteiger partial charge >= 0.3 is 0 Å². The molecule has 1 unspecified atom stereocenters. The summed E-state index contributed by atoms with van der Waals surface area (Å²) in [5, 5.41) is 4.66. The number of nitrogens with two attached hydrogens (primary N) is 1. The van der Waals surface area contributed by atoms with Crippen molar-refractivity contribution in [1.29, 1.82) is 0 Å². The van der Waals surface area contributed by atoms with Crippen molar-refractivity contribution < 1.29 is 9.26 Å². The fourth-order valence-electron chi connectivity index (χ4n) is 1.59. The minimum atomic E-state index is -0.0936. The molecule has 1 aromatic carbocycles. The molecule has 20 heavy (non-hydrogen) atoms. The molecule has 1 aromatic heterocycles. The monoisotopic (exact) mass is 313 g/mol.